The van der Waals surface area contributed by atoms with E-state index in [1.807, 2.05) is 18.4 Å². The number of aromatic nitrogens is 1. The van der Waals surface area contributed by atoms with Crippen molar-refractivity contribution in [2.45, 2.75) is 32.5 Å². The van der Waals surface area contributed by atoms with E-state index < -0.39 is 11.7 Å². The van der Waals surface area contributed by atoms with Crippen molar-refractivity contribution in [3.05, 3.63) is 35.5 Å². The smallest absolute Gasteiger partial charge is 0.345 e. The number of rotatable bonds is 3. The summed E-state index contributed by atoms with van der Waals surface area (Å²) in [6.07, 6.45) is -4.33. The SMILES string of the molecule is CCn1c(C(C)CN)cc2c(C(F)(F)F)cccc21. The molecular weight excluding hydrogens is 253 g/mol. The van der Waals surface area contributed by atoms with E-state index >= 15 is 0 Å². The van der Waals surface area contributed by atoms with Crippen LogP contribution in [-0.4, -0.2) is 11.1 Å². The highest BCUT2D eigenvalue weighted by molar-refractivity contribution is 5.85. The second kappa shape index (κ2) is 4.89. The molecule has 0 bridgehead atoms. The molecule has 104 valence electrons. The summed E-state index contributed by atoms with van der Waals surface area (Å²) in [5.41, 5.74) is 6.53. The van der Waals surface area contributed by atoms with E-state index in [1.165, 1.54) is 6.07 Å². The molecule has 1 unspecified atom stereocenters. The Labute approximate surface area is 110 Å². The lowest BCUT2D eigenvalue weighted by Crippen LogP contribution is -2.13. The molecule has 0 fully saturated rings. The predicted molar refractivity (Wildman–Crippen MR) is 70.1 cm³/mol. The maximum Gasteiger partial charge on any atom is 0.417 e. The van der Waals surface area contributed by atoms with Crippen LogP contribution in [0.5, 0.6) is 0 Å². The summed E-state index contributed by atoms with van der Waals surface area (Å²) in [4.78, 5) is 0. The van der Waals surface area contributed by atoms with Crippen molar-refractivity contribution in [3.8, 4) is 0 Å². The van der Waals surface area contributed by atoms with Crippen LogP contribution < -0.4 is 5.73 Å². The van der Waals surface area contributed by atoms with Gasteiger partial charge in [0, 0.05) is 35.6 Å². The Balaban J connectivity index is 2.75. The lowest BCUT2D eigenvalue weighted by Gasteiger charge is -2.13. The van der Waals surface area contributed by atoms with Gasteiger partial charge in [-0.25, -0.2) is 0 Å². The number of benzene rings is 1. The highest BCUT2D eigenvalue weighted by atomic mass is 19.4. The van der Waals surface area contributed by atoms with Crippen LogP contribution >= 0.6 is 0 Å². The van der Waals surface area contributed by atoms with Crippen molar-refractivity contribution in [1.29, 1.82) is 0 Å². The number of halogens is 3. The van der Waals surface area contributed by atoms with Gasteiger partial charge >= 0.3 is 6.18 Å². The van der Waals surface area contributed by atoms with Gasteiger partial charge in [-0.15, -0.1) is 0 Å². The van der Waals surface area contributed by atoms with Gasteiger partial charge in [0.05, 0.1) is 5.56 Å². The van der Waals surface area contributed by atoms with Crippen LogP contribution in [-0.2, 0) is 12.7 Å². The standard InChI is InChI=1S/C14H17F3N2/c1-3-19-12-6-4-5-11(14(15,16)17)10(12)7-13(19)9(2)8-18/h4-7,9H,3,8,18H2,1-2H3. The van der Waals surface area contributed by atoms with Crippen molar-refractivity contribution in [2.75, 3.05) is 6.54 Å². The van der Waals surface area contributed by atoms with E-state index in [1.54, 1.807) is 12.1 Å². The highest BCUT2D eigenvalue weighted by Gasteiger charge is 2.33. The first-order chi connectivity index (χ1) is 8.90. The van der Waals surface area contributed by atoms with Crippen molar-refractivity contribution in [3.63, 3.8) is 0 Å². The molecule has 0 spiro atoms. The van der Waals surface area contributed by atoms with E-state index in [9.17, 15) is 13.2 Å². The number of hydrogen-bond acceptors (Lipinski definition) is 1. The number of nitrogens with zero attached hydrogens (tertiary/aromatic N) is 1. The Morgan fingerprint density at radius 2 is 2.00 bits per heavy atom. The largest absolute Gasteiger partial charge is 0.417 e. The summed E-state index contributed by atoms with van der Waals surface area (Å²) >= 11 is 0. The maximum absolute atomic E-state index is 13.0. The first kappa shape index (κ1) is 13.9. The van der Waals surface area contributed by atoms with Crippen molar-refractivity contribution in [1.82, 2.24) is 4.57 Å². The van der Waals surface area contributed by atoms with Crippen molar-refractivity contribution < 1.29 is 13.2 Å². The molecule has 0 aliphatic carbocycles. The Kier molecular flexibility index (Phi) is 3.58. The molecule has 2 nitrogen and oxygen atoms in total. The van der Waals surface area contributed by atoms with Crippen LogP contribution in [0.1, 0.15) is 31.0 Å². The lowest BCUT2D eigenvalue weighted by atomic mass is 10.1. The minimum atomic E-state index is -4.33. The predicted octanol–water partition coefficient (Wildman–Crippen LogP) is 3.74. The van der Waals surface area contributed by atoms with Crippen LogP contribution in [0.25, 0.3) is 10.9 Å². The normalized spacial score (nSPS) is 14.0. The fraction of sp³-hybridized carbons (Fsp3) is 0.429. The number of fused-ring (bicyclic) bond motifs is 1. The summed E-state index contributed by atoms with van der Waals surface area (Å²) in [6, 6.07) is 5.92. The molecule has 1 heterocycles. The first-order valence-corrected chi connectivity index (χ1v) is 6.29. The number of hydrogen-bond donors (Lipinski definition) is 1. The number of alkyl halides is 3. The zero-order valence-corrected chi connectivity index (χ0v) is 11.0. The summed E-state index contributed by atoms with van der Waals surface area (Å²) < 4.78 is 40.9. The molecule has 5 heteroatoms. The maximum atomic E-state index is 13.0. The van der Waals surface area contributed by atoms with E-state index in [4.69, 9.17) is 5.73 Å². The molecule has 1 aromatic carbocycles. The van der Waals surface area contributed by atoms with E-state index in [2.05, 4.69) is 0 Å². The van der Waals surface area contributed by atoms with E-state index in [0.717, 1.165) is 11.8 Å². The van der Waals surface area contributed by atoms with E-state index in [-0.39, 0.29) is 11.3 Å². The molecule has 2 rings (SSSR count). The summed E-state index contributed by atoms with van der Waals surface area (Å²) in [5.74, 6) is 0.0356. The average Bonchev–Trinajstić information content (AvgIpc) is 2.74. The second-order valence-corrected chi connectivity index (χ2v) is 4.69. The zero-order valence-electron chi connectivity index (χ0n) is 11.0. The molecule has 19 heavy (non-hydrogen) atoms. The molecule has 0 amide bonds. The molecule has 1 atom stereocenters. The summed E-state index contributed by atoms with van der Waals surface area (Å²) in [5, 5.41) is 0.257. The van der Waals surface area contributed by atoms with Crippen LogP contribution in [0.3, 0.4) is 0 Å². The lowest BCUT2D eigenvalue weighted by molar-refractivity contribution is -0.136. The fourth-order valence-electron chi connectivity index (χ4n) is 2.43. The first-order valence-electron chi connectivity index (χ1n) is 6.29. The van der Waals surface area contributed by atoms with Gasteiger partial charge in [-0.3, -0.25) is 0 Å². The molecule has 0 aliphatic rings. The summed E-state index contributed by atoms with van der Waals surface area (Å²) in [7, 11) is 0. The third-order valence-electron chi connectivity index (χ3n) is 3.46. The Hall–Kier alpha value is -1.49. The van der Waals surface area contributed by atoms with Crippen LogP contribution in [0.4, 0.5) is 13.2 Å². The Morgan fingerprint density at radius 3 is 2.53 bits per heavy atom. The minimum Gasteiger partial charge on any atom is -0.345 e. The molecular formula is C14H17F3N2. The van der Waals surface area contributed by atoms with Crippen LogP contribution in [0.15, 0.2) is 24.3 Å². The fourth-order valence-corrected chi connectivity index (χ4v) is 2.43. The topological polar surface area (TPSA) is 30.9 Å². The van der Waals surface area contributed by atoms with E-state index in [0.29, 0.717) is 18.6 Å². The van der Waals surface area contributed by atoms with Crippen molar-refractivity contribution >= 4 is 10.9 Å². The van der Waals surface area contributed by atoms with Gasteiger partial charge < -0.3 is 10.3 Å². The molecule has 1 aromatic heterocycles. The van der Waals surface area contributed by atoms with Crippen LogP contribution in [0, 0.1) is 0 Å². The molecule has 2 aromatic rings. The van der Waals surface area contributed by atoms with Gasteiger partial charge in [0.25, 0.3) is 0 Å². The van der Waals surface area contributed by atoms with Crippen LogP contribution in [0.2, 0.25) is 0 Å². The van der Waals surface area contributed by atoms with Gasteiger partial charge in [0.15, 0.2) is 0 Å². The average molecular weight is 270 g/mol. The molecule has 0 radical (unpaired) electrons. The quantitative estimate of drug-likeness (QED) is 0.905. The monoisotopic (exact) mass is 270 g/mol. The Bertz CT molecular complexity index is 584. The van der Waals surface area contributed by atoms with Gasteiger partial charge in [0.2, 0.25) is 0 Å². The molecule has 0 aliphatic heterocycles. The highest BCUT2D eigenvalue weighted by Crippen LogP contribution is 2.37. The Morgan fingerprint density at radius 1 is 1.32 bits per heavy atom. The number of aryl methyl sites for hydroxylation is 1. The van der Waals surface area contributed by atoms with Gasteiger partial charge in [-0.2, -0.15) is 13.2 Å². The molecule has 2 N–H and O–H groups in total. The molecule has 0 saturated carbocycles. The zero-order chi connectivity index (χ0) is 14.2. The van der Waals surface area contributed by atoms with Gasteiger partial charge in [-0.1, -0.05) is 13.0 Å². The summed E-state index contributed by atoms with van der Waals surface area (Å²) in [6.45, 7) is 4.89. The third kappa shape index (κ3) is 2.34. The minimum absolute atomic E-state index is 0.0356. The molecule has 0 saturated heterocycles. The van der Waals surface area contributed by atoms with Crippen molar-refractivity contribution in [2.24, 2.45) is 5.73 Å². The van der Waals surface area contributed by atoms with Gasteiger partial charge in [0.1, 0.15) is 0 Å². The third-order valence-corrected chi connectivity index (χ3v) is 3.46. The number of nitrogens with two attached hydrogens (primary N) is 1. The second-order valence-electron chi connectivity index (χ2n) is 4.69. The van der Waals surface area contributed by atoms with Gasteiger partial charge in [-0.05, 0) is 25.1 Å².